The van der Waals surface area contributed by atoms with E-state index in [4.69, 9.17) is 18.6 Å². The Morgan fingerprint density at radius 3 is 2.37 bits per heavy atom. The minimum absolute atomic E-state index is 0.427. The van der Waals surface area contributed by atoms with Crippen molar-refractivity contribution in [2.24, 2.45) is 0 Å². The lowest BCUT2D eigenvalue weighted by Crippen LogP contribution is -2.07. The third-order valence-electron chi connectivity index (χ3n) is 5.07. The number of ether oxygens (including phenoxy) is 3. The molecule has 0 aliphatic heterocycles. The van der Waals surface area contributed by atoms with E-state index >= 15 is 0 Å². The minimum atomic E-state index is -0.427. The maximum atomic E-state index is 12.9. The number of benzene rings is 3. The molecule has 5 heteroatoms. The topological polar surface area (TPSA) is 57.9 Å². The smallest absolute Gasteiger partial charge is 0.344 e. The maximum absolute atomic E-state index is 12.9. The molecule has 0 saturated carbocycles. The van der Waals surface area contributed by atoms with E-state index < -0.39 is 5.63 Å². The number of fused-ring (bicyclic) bond motifs is 1. The number of aryl methyl sites for hydroxylation is 1. The molecule has 3 aromatic carbocycles. The van der Waals surface area contributed by atoms with E-state index in [1.54, 1.807) is 38.5 Å². The Bertz CT molecular complexity index is 1240. The highest BCUT2D eigenvalue weighted by Gasteiger charge is 2.18. The predicted octanol–water partition coefficient (Wildman–Crippen LogP) is 5.36. The van der Waals surface area contributed by atoms with Crippen molar-refractivity contribution in [2.75, 3.05) is 14.2 Å². The molecule has 0 amide bonds. The van der Waals surface area contributed by atoms with E-state index in [1.165, 1.54) is 0 Å². The van der Waals surface area contributed by atoms with Gasteiger partial charge in [0.05, 0.1) is 19.8 Å². The molecule has 0 N–H and O–H groups in total. The summed E-state index contributed by atoms with van der Waals surface area (Å²) in [6, 6.07) is 20.8. The van der Waals surface area contributed by atoms with Crippen molar-refractivity contribution in [2.45, 2.75) is 13.5 Å². The van der Waals surface area contributed by atoms with Crippen LogP contribution in [0, 0.1) is 6.92 Å². The van der Waals surface area contributed by atoms with Crippen LogP contribution in [0.25, 0.3) is 22.1 Å². The van der Waals surface area contributed by atoms with Crippen LogP contribution >= 0.6 is 0 Å². The van der Waals surface area contributed by atoms with Gasteiger partial charge in [0.25, 0.3) is 0 Å². The first-order valence-corrected chi connectivity index (χ1v) is 9.57. The molecule has 0 bridgehead atoms. The quantitative estimate of drug-likeness (QED) is 0.406. The van der Waals surface area contributed by atoms with E-state index in [0.717, 1.165) is 16.5 Å². The summed E-state index contributed by atoms with van der Waals surface area (Å²) in [5.41, 5.74) is 3.08. The predicted molar refractivity (Wildman–Crippen MR) is 117 cm³/mol. The van der Waals surface area contributed by atoms with Crippen molar-refractivity contribution in [3.8, 4) is 28.4 Å². The zero-order valence-corrected chi connectivity index (χ0v) is 17.1. The number of rotatable bonds is 6. The molecule has 0 saturated heterocycles. The van der Waals surface area contributed by atoms with Crippen molar-refractivity contribution in [3.05, 3.63) is 88.3 Å². The van der Waals surface area contributed by atoms with Gasteiger partial charge in [0.15, 0.2) is 0 Å². The third kappa shape index (κ3) is 3.74. The van der Waals surface area contributed by atoms with Gasteiger partial charge in [-0.05, 0) is 42.3 Å². The second kappa shape index (κ2) is 8.33. The lowest BCUT2D eigenvalue weighted by molar-refractivity contribution is 0.306. The van der Waals surface area contributed by atoms with Crippen LogP contribution in [0.5, 0.6) is 17.2 Å². The van der Waals surface area contributed by atoms with Gasteiger partial charge in [0, 0.05) is 23.1 Å². The van der Waals surface area contributed by atoms with Crippen molar-refractivity contribution < 1.29 is 18.6 Å². The fourth-order valence-electron chi connectivity index (χ4n) is 3.48. The van der Waals surface area contributed by atoms with Gasteiger partial charge in [0.2, 0.25) is 0 Å². The molecule has 0 aliphatic rings. The lowest BCUT2D eigenvalue weighted by atomic mass is 9.98. The first-order chi connectivity index (χ1) is 14.6. The Morgan fingerprint density at radius 2 is 1.63 bits per heavy atom. The Labute approximate surface area is 174 Å². The van der Waals surface area contributed by atoms with Crippen molar-refractivity contribution in [1.29, 1.82) is 0 Å². The minimum Gasteiger partial charge on any atom is -0.497 e. The summed E-state index contributed by atoms with van der Waals surface area (Å²) in [4.78, 5) is 12.9. The highest BCUT2D eigenvalue weighted by molar-refractivity contribution is 5.88. The van der Waals surface area contributed by atoms with E-state index in [2.05, 4.69) is 0 Å². The van der Waals surface area contributed by atoms with Gasteiger partial charge in [-0.25, -0.2) is 4.79 Å². The zero-order valence-electron chi connectivity index (χ0n) is 17.1. The highest BCUT2D eigenvalue weighted by Crippen LogP contribution is 2.36. The highest BCUT2D eigenvalue weighted by atomic mass is 16.5. The van der Waals surface area contributed by atoms with Crippen molar-refractivity contribution in [1.82, 2.24) is 0 Å². The van der Waals surface area contributed by atoms with E-state index in [0.29, 0.717) is 40.6 Å². The van der Waals surface area contributed by atoms with E-state index in [1.807, 2.05) is 49.4 Å². The molecule has 1 aromatic heterocycles. The Morgan fingerprint density at radius 1 is 0.867 bits per heavy atom. The normalized spacial score (nSPS) is 10.8. The molecular formula is C25H22O5. The summed E-state index contributed by atoms with van der Waals surface area (Å²) in [7, 11) is 3.15. The standard InChI is InChI=1S/C25H22O5/c1-16-20-11-10-19(29-15-17-7-5-4-6-8-17)14-23(20)30-25(26)24(16)21-12-9-18(27-2)13-22(21)28-3/h4-14H,15H2,1-3H3. The first kappa shape index (κ1) is 19.6. The van der Waals surface area contributed by atoms with Crippen LogP contribution in [0.15, 0.2) is 75.9 Å². The van der Waals surface area contributed by atoms with Crippen LogP contribution in [0.2, 0.25) is 0 Å². The molecule has 4 aromatic rings. The molecule has 0 aliphatic carbocycles. The lowest BCUT2D eigenvalue weighted by Gasteiger charge is -2.13. The zero-order chi connectivity index (χ0) is 21.1. The second-order valence-electron chi connectivity index (χ2n) is 6.89. The Kier molecular flexibility index (Phi) is 5.44. The van der Waals surface area contributed by atoms with Crippen LogP contribution in [-0.4, -0.2) is 14.2 Å². The third-order valence-corrected chi connectivity index (χ3v) is 5.07. The fraction of sp³-hybridized carbons (Fsp3) is 0.160. The van der Waals surface area contributed by atoms with E-state index in [9.17, 15) is 4.79 Å². The monoisotopic (exact) mass is 402 g/mol. The van der Waals surface area contributed by atoms with Gasteiger partial charge in [-0.2, -0.15) is 0 Å². The van der Waals surface area contributed by atoms with Crippen LogP contribution in [0.3, 0.4) is 0 Å². The SMILES string of the molecule is COc1ccc(-c2c(C)c3ccc(OCc4ccccc4)cc3oc2=O)c(OC)c1. The van der Waals surface area contributed by atoms with Crippen molar-refractivity contribution in [3.63, 3.8) is 0 Å². The molecule has 152 valence electrons. The molecule has 5 nitrogen and oxygen atoms in total. The molecule has 0 radical (unpaired) electrons. The van der Waals surface area contributed by atoms with Gasteiger partial charge in [-0.3, -0.25) is 0 Å². The summed E-state index contributed by atoms with van der Waals surface area (Å²) in [6.45, 7) is 2.35. The van der Waals surface area contributed by atoms with Crippen LogP contribution in [0.4, 0.5) is 0 Å². The summed E-state index contributed by atoms with van der Waals surface area (Å²) in [5.74, 6) is 1.84. The molecule has 0 fully saturated rings. The Balaban J connectivity index is 1.73. The molecule has 4 rings (SSSR count). The summed E-state index contributed by atoms with van der Waals surface area (Å²) < 4.78 is 22.2. The van der Waals surface area contributed by atoms with Gasteiger partial charge >= 0.3 is 5.63 Å². The average molecular weight is 402 g/mol. The molecule has 0 unspecified atom stereocenters. The van der Waals surface area contributed by atoms with Crippen LogP contribution in [-0.2, 0) is 6.61 Å². The van der Waals surface area contributed by atoms with Gasteiger partial charge in [-0.15, -0.1) is 0 Å². The summed E-state index contributed by atoms with van der Waals surface area (Å²) in [6.07, 6.45) is 0. The second-order valence-corrected chi connectivity index (χ2v) is 6.89. The van der Waals surface area contributed by atoms with Crippen LogP contribution < -0.4 is 19.8 Å². The van der Waals surface area contributed by atoms with Gasteiger partial charge in [-0.1, -0.05) is 30.3 Å². The van der Waals surface area contributed by atoms with Crippen LogP contribution in [0.1, 0.15) is 11.1 Å². The summed E-state index contributed by atoms with van der Waals surface area (Å²) in [5, 5.41) is 0.842. The molecule has 0 atom stereocenters. The number of methoxy groups -OCH3 is 2. The summed E-state index contributed by atoms with van der Waals surface area (Å²) >= 11 is 0. The Hall–Kier alpha value is -3.73. The van der Waals surface area contributed by atoms with E-state index in [-0.39, 0.29) is 0 Å². The first-order valence-electron chi connectivity index (χ1n) is 9.57. The molecular weight excluding hydrogens is 380 g/mol. The van der Waals surface area contributed by atoms with Crippen molar-refractivity contribution >= 4 is 11.0 Å². The fourth-order valence-corrected chi connectivity index (χ4v) is 3.48. The number of hydrogen-bond donors (Lipinski definition) is 0. The molecule has 1 heterocycles. The average Bonchev–Trinajstić information content (AvgIpc) is 2.78. The molecule has 30 heavy (non-hydrogen) atoms. The molecule has 0 spiro atoms. The largest absolute Gasteiger partial charge is 0.497 e. The van der Waals surface area contributed by atoms with Gasteiger partial charge < -0.3 is 18.6 Å². The maximum Gasteiger partial charge on any atom is 0.344 e. The van der Waals surface area contributed by atoms with Gasteiger partial charge in [0.1, 0.15) is 29.4 Å². The number of hydrogen-bond acceptors (Lipinski definition) is 5.